The van der Waals surface area contributed by atoms with Crippen LogP contribution in [0.25, 0.3) is 0 Å². The van der Waals surface area contributed by atoms with Gasteiger partial charge in [-0.3, -0.25) is 4.79 Å². The van der Waals surface area contributed by atoms with Gasteiger partial charge in [0.1, 0.15) is 5.75 Å². The van der Waals surface area contributed by atoms with E-state index < -0.39 is 0 Å². The second-order valence-corrected chi connectivity index (χ2v) is 4.69. The van der Waals surface area contributed by atoms with Crippen molar-refractivity contribution in [3.63, 3.8) is 0 Å². The van der Waals surface area contributed by atoms with E-state index >= 15 is 0 Å². The standard InChI is InChI=1S/C16H26N2O2/c1-4-18(5-2)13-11-16(19)17-12-10-14-8-6-7-9-15(14)20-3/h6-9H,4-5,10-13H2,1-3H3,(H,17,19). The molecule has 1 N–H and O–H groups in total. The first-order valence-electron chi connectivity index (χ1n) is 7.32. The third-order valence-electron chi connectivity index (χ3n) is 3.46. The van der Waals surface area contributed by atoms with E-state index in [0.29, 0.717) is 13.0 Å². The topological polar surface area (TPSA) is 41.6 Å². The first-order chi connectivity index (χ1) is 9.71. The predicted octanol–water partition coefficient (Wildman–Crippen LogP) is 2.09. The van der Waals surface area contributed by atoms with Crippen molar-refractivity contribution in [3.8, 4) is 5.75 Å². The molecule has 0 radical (unpaired) electrons. The first-order valence-corrected chi connectivity index (χ1v) is 7.32. The van der Waals surface area contributed by atoms with Gasteiger partial charge < -0.3 is 15.0 Å². The van der Waals surface area contributed by atoms with Crippen LogP contribution in [0.15, 0.2) is 24.3 Å². The van der Waals surface area contributed by atoms with Crippen molar-refractivity contribution >= 4 is 5.91 Å². The Hall–Kier alpha value is -1.55. The van der Waals surface area contributed by atoms with Gasteiger partial charge in [-0.25, -0.2) is 0 Å². The normalized spacial score (nSPS) is 10.6. The van der Waals surface area contributed by atoms with Crippen molar-refractivity contribution in [1.82, 2.24) is 10.2 Å². The lowest BCUT2D eigenvalue weighted by Gasteiger charge is -2.17. The Morgan fingerprint density at radius 1 is 1.25 bits per heavy atom. The van der Waals surface area contributed by atoms with Crippen LogP contribution in [-0.2, 0) is 11.2 Å². The van der Waals surface area contributed by atoms with Crippen molar-refractivity contribution < 1.29 is 9.53 Å². The summed E-state index contributed by atoms with van der Waals surface area (Å²) in [6.45, 7) is 7.69. The van der Waals surface area contributed by atoms with Gasteiger partial charge in [-0.15, -0.1) is 0 Å². The lowest BCUT2D eigenvalue weighted by Crippen LogP contribution is -2.31. The molecule has 1 aromatic carbocycles. The highest BCUT2D eigenvalue weighted by Crippen LogP contribution is 2.17. The number of nitrogens with one attached hydrogen (secondary N) is 1. The Balaban J connectivity index is 2.28. The maximum absolute atomic E-state index is 11.8. The van der Waals surface area contributed by atoms with Crippen LogP contribution in [0.2, 0.25) is 0 Å². The maximum Gasteiger partial charge on any atom is 0.221 e. The van der Waals surface area contributed by atoms with E-state index in [0.717, 1.165) is 37.4 Å². The minimum atomic E-state index is 0.117. The summed E-state index contributed by atoms with van der Waals surface area (Å²) in [7, 11) is 1.67. The fourth-order valence-corrected chi connectivity index (χ4v) is 2.13. The molecule has 112 valence electrons. The highest BCUT2D eigenvalue weighted by atomic mass is 16.5. The monoisotopic (exact) mass is 278 g/mol. The van der Waals surface area contributed by atoms with Gasteiger partial charge in [0, 0.05) is 19.5 Å². The molecule has 0 saturated carbocycles. The number of methoxy groups -OCH3 is 1. The lowest BCUT2D eigenvalue weighted by atomic mass is 10.1. The van der Waals surface area contributed by atoms with Crippen LogP contribution in [0.5, 0.6) is 5.75 Å². The number of hydrogen-bond acceptors (Lipinski definition) is 3. The first kappa shape index (κ1) is 16.5. The van der Waals surface area contributed by atoms with Crippen LogP contribution in [0.4, 0.5) is 0 Å². The third-order valence-corrected chi connectivity index (χ3v) is 3.46. The van der Waals surface area contributed by atoms with Crippen molar-refractivity contribution in [3.05, 3.63) is 29.8 Å². The largest absolute Gasteiger partial charge is 0.496 e. The summed E-state index contributed by atoms with van der Waals surface area (Å²) in [6, 6.07) is 7.91. The zero-order valence-corrected chi connectivity index (χ0v) is 12.8. The molecule has 1 amide bonds. The molecule has 0 unspecified atom stereocenters. The molecule has 1 aromatic rings. The third kappa shape index (κ3) is 5.61. The number of benzene rings is 1. The molecule has 0 saturated heterocycles. The number of carbonyl (C=O) groups is 1. The molecule has 0 aromatic heterocycles. The second-order valence-electron chi connectivity index (χ2n) is 4.69. The molecule has 4 nitrogen and oxygen atoms in total. The average Bonchev–Trinajstić information content (AvgIpc) is 2.48. The van der Waals surface area contributed by atoms with Gasteiger partial charge in [-0.05, 0) is 31.1 Å². The molecular weight excluding hydrogens is 252 g/mol. The number of amides is 1. The molecule has 20 heavy (non-hydrogen) atoms. The number of hydrogen-bond donors (Lipinski definition) is 1. The smallest absolute Gasteiger partial charge is 0.221 e. The number of rotatable bonds is 9. The van der Waals surface area contributed by atoms with Gasteiger partial charge in [-0.2, -0.15) is 0 Å². The second kappa shape index (κ2) is 9.37. The summed E-state index contributed by atoms with van der Waals surface area (Å²) < 4.78 is 5.29. The van der Waals surface area contributed by atoms with Crippen LogP contribution in [-0.4, -0.2) is 44.1 Å². The van der Waals surface area contributed by atoms with Crippen molar-refractivity contribution in [2.75, 3.05) is 33.3 Å². The van der Waals surface area contributed by atoms with Gasteiger partial charge in [0.05, 0.1) is 7.11 Å². The Kier molecular flexibility index (Phi) is 7.73. The molecule has 0 aliphatic rings. The fourth-order valence-electron chi connectivity index (χ4n) is 2.13. The van der Waals surface area contributed by atoms with Crippen LogP contribution < -0.4 is 10.1 Å². The number of carbonyl (C=O) groups excluding carboxylic acids is 1. The minimum Gasteiger partial charge on any atom is -0.496 e. The van der Waals surface area contributed by atoms with E-state index in [4.69, 9.17) is 4.74 Å². The molecule has 0 bridgehead atoms. The van der Waals surface area contributed by atoms with E-state index in [1.54, 1.807) is 7.11 Å². The summed E-state index contributed by atoms with van der Waals surface area (Å²) in [4.78, 5) is 14.0. The van der Waals surface area contributed by atoms with Crippen LogP contribution in [0.3, 0.4) is 0 Å². The molecule has 0 atom stereocenters. The zero-order chi connectivity index (χ0) is 14.8. The van der Waals surface area contributed by atoms with Gasteiger partial charge in [0.2, 0.25) is 5.91 Å². The van der Waals surface area contributed by atoms with Crippen LogP contribution in [0.1, 0.15) is 25.8 Å². The molecule has 0 spiro atoms. The van der Waals surface area contributed by atoms with Crippen LogP contribution in [0, 0.1) is 0 Å². The number of ether oxygens (including phenoxy) is 1. The Bertz CT molecular complexity index is 403. The lowest BCUT2D eigenvalue weighted by molar-refractivity contribution is -0.121. The predicted molar refractivity (Wildman–Crippen MR) is 82.1 cm³/mol. The number of nitrogens with zero attached hydrogens (tertiary/aromatic N) is 1. The highest BCUT2D eigenvalue weighted by molar-refractivity contribution is 5.76. The molecule has 0 aliphatic carbocycles. The zero-order valence-electron chi connectivity index (χ0n) is 12.8. The van der Waals surface area contributed by atoms with Gasteiger partial charge in [-0.1, -0.05) is 32.0 Å². The number of para-hydroxylation sites is 1. The molecule has 0 heterocycles. The Morgan fingerprint density at radius 3 is 2.60 bits per heavy atom. The van der Waals surface area contributed by atoms with Gasteiger partial charge >= 0.3 is 0 Å². The van der Waals surface area contributed by atoms with E-state index in [-0.39, 0.29) is 5.91 Å². The Morgan fingerprint density at radius 2 is 1.95 bits per heavy atom. The van der Waals surface area contributed by atoms with E-state index in [1.807, 2.05) is 24.3 Å². The summed E-state index contributed by atoms with van der Waals surface area (Å²) in [6.07, 6.45) is 1.36. The summed E-state index contributed by atoms with van der Waals surface area (Å²) in [5.74, 6) is 0.997. The van der Waals surface area contributed by atoms with Crippen molar-refractivity contribution in [2.45, 2.75) is 26.7 Å². The quantitative estimate of drug-likeness (QED) is 0.752. The van der Waals surface area contributed by atoms with E-state index in [1.165, 1.54) is 0 Å². The molecule has 4 heteroatoms. The van der Waals surface area contributed by atoms with Gasteiger partial charge in [0.25, 0.3) is 0 Å². The van der Waals surface area contributed by atoms with Crippen molar-refractivity contribution in [1.29, 1.82) is 0 Å². The maximum atomic E-state index is 11.8. The van der Waals surface area contributed by atoms with E-state index in [9.17, 15) is 4.79 Å². The summed E-state index contributed by atoms with van der Waals surface area (Å²) >= 11 is 0. The molecular formula is C16H26N2O2. The minimum absolute atomic E-state index is 0.117. The average molecular weight is 278 g/mol. The Labute approximate surface area is 122 Å². The highest BCUT2D eigenvalue weighted by Gasteiger charge is 2.06. The summed E-state index contributed by atoms with van der Waals surface area (Å²) in [5, 5.41) is 2.96. The SMILES string of the molecule is CCN(CC)CCC(=O)NCCc1ccccc1OC. The molecule has 1 rings (SSSR count). The van der Waals surface area contributed by atoms with Crippen LogP contribution >= 0.6 is 0 Å². The van der Waals surface area contributed by atoms with Crippen molar-refractivity contribution in [2.24, 2.45) is 0 Å². The van der Waals surface area contributed by atoms with E-state index in [2.05, 4.69) is 24.1 Å². The molecule has 0 aliphatic heterocycles. The molecule has 0 fully saturated rings. The summed E-state index contributed by atoms with van der Waals surface area (Å²) in [5.41, 5.74) is 1.12. The fraction of sp³-hybridized carbons (Fsp3) is 0.562. The van der Waals surface area contributed by atoms with Gasteiger partial charge in [0.15, 0.2) is 0 Å².